The number of anilines is 1. The zero-order valence-corrected chi connectivity index (χ0v) is 14.2. The number of carbonyl (C=O) groups excluding carboxylic acids is 2. The van der Waals surface area contributed by atoms with Crippen LogP contribution in [0.2, 0.25) is 5.02 Å². The van der Waals surface area contributed by atoms with Gasteiger partial charge in [-0.3, -0.25) is 14.9 Å². The third-order valence-electron chi connectivity index (χ3n) is 3.41. The lowest BCUT2D eigenvalue weighted by molar-refractivity contribution is -0.385. The second kappa shape index (κ2) is 7.76. The Bertz CT molecular complexity index is 838. The standard InChI is InChI=1S/C17H15ClN2O5/c1-10-9-12(7-8-15(10)20(23)24)17(22)25-11(2)16(21)19-14-6-4-3-5-13(14)18/h3-9,11H,1-2H3,(H,19,21)/t11-/m1/s1. The molecule has 130 valence electrons. The van der Waals surface area contributed by atoms with Crippen molar-refractivity contribution >= 4 is 34.9 Å². The van der Waals surface area contributed by atoms with Crippen molar-refractivity contribution in [3.05, 3.63) is 68.7 Å². The maximum absolute atomic E-state index is 12.1. The Hall–Kier alpha value is -2.93. The molecule has 0 fully saturated rings. The number of halogens is 1. The number of benzene rings is 2. The van der Waals surface area contributed by atoms with Gasteiger partial charge >= 0.3 is 5.97 Å². The van der Waals surface area contributed by atoms with Crippen molar-refractivity contribution in [1.82, 2.24) is 0 Å². The quantitative estimate of drug-likeness (QED) is 0.496. The van der Waals surface area contributed by atoms with Gasteiger partial charge in [0.15, 0.2) is 6.10 Å². The van der Waals surface area contributed by atoms with E-state index in [0.717, 1.165) is 0 Å². The van der Waals surface area contributed by atoms with Gasteiger partial charge < -0.3 is 10.1 Å². The molecule has 1 N–H and O–H groups in total. The van der Waals surface area contributed by atoms with Gasteiger partial charge in [-0.15, -0.1) is 0 Å². The molecular weight excluding hydrogens is 348 g/mol. The molecule has 25 heavy (non-hydrogen) atoms. The molecule has 0 aliphatic heterocycles. The van der Waals surface area contributed by atoms with E-state index in [4.69, 9.17) is 16.3 Å². The van der Waals surface area contributed by atoms with Gasteiger partial charge in [0.25, 0.3) is 11.6 Å². The average Bonchev–Trinajstić information content (AvgIpc) is 2.56. The number of nitro groups is 1. The fourth-order valence-corrected chi connectivity index (χ4v) is 2.25. The van der Waals surface area contributed by atoms with Crippen molar-refractivity contribution in [1.29, 1.82) is 0 Å². The Morgan fingerprint density at radius 1 is 1.24 bits per heavy atom. The summed E-state index contributed by atoms with van der Waals surface area (Å²) in [5.74, 6) is -1.29. The summed E-state index contributed by atoms with van der Waals surface area (Å²) in [5.41, 5.74) is 0.762. The molecule has 0 aliphatic rings. The van der Waals surface area contributed by atoms with Crippen LogP contribution in [-0.4, -0.2) is 22.9 Å². The monoisotopic (exact) mass is 362 g/mol. The summed E-state index contributed by atoms with van der Waals surface area (Å²) in [7, 11) is 0. The van der Waals surface area contributed by atoms with Crippen molar-refractivity contribution in [2.45, 2.75) is 20.0 Å². The van der Waals surface area contributed by atoms with Crippen LogP contribution in [0.4, 0.5) is 11.4 Å². The highest BCUT2D eigenvalue weighted by molar-refractivity contribution is 6.33. The molecule has 0 spiro atoms. The summed E-state index contributed by atoms with van der Waals surface area (Å²) in [6.07, 6.45) is -1.07. The second-order valence-corrected chi connectivity index (χ2v) is 5.68. The number of amides is 1. The molecule has 0 saturated carbocycles. The van der Waals surface area contributed by atoms with Gasteiger partial charge in [-0.2, -0.15) is 0 Å². The van der Waals surface area contributed by atoms with Gasteiger partial charge in [0, 0.05) is 11.6 Å². The number of esters is 1. The number of hydrogen-bond acceptors (Lipinski definition) is 5. The minimum absolute atomic E-state index is 0.0962. The van der Waals surface area contributed by atoms with Gasteiger partial charge in [-0.05, 0) is 38.1 Å². The Morgan fingerprint density at radius 3 is 2.52 bits per heavy atom. The molecule has 2 rings (SSSR count). The lowest BCUT2D eigenvalue weighted by Gasteiger charge is -2.14. The Labute approximate surface area is 148 Å². The second-order valence-electron chi connectivity index (χ2n) is 5.28. The number of nitrogens with one attached hydrogen (secondary N) is 1. The van der Waals surface area contributed by atoms with Crippen LogP contribution in [0.15, 0.2) is 42.5 Å². The Morgan fingerprint density at radius 2 is 1.92 bits per heavy atom. The molecule has 2 aromatic carbocycles. The average molecular weight is 363 g/mol. The normalized spacial score (nSPS) is 11.5. The highest BCUT2D eigenvalue weighted by atomic mass is 35.5. The van der Waals surface area contributed by atoms with Crippen molar-refractivity contribution in [3.63, 3.8) is 0 Å². The summed E-state index contributed by atoms with van der Waals surface area (Å²) in [5, 5.41) is 13.7. The molecule has 0 radical (unpaired) electrons. The van der Waals surface area contributed by atoms with E-state index in [1.165, 1.54) is 32.0 Å². The number of aryl methyl sites for hydroxylation is 1. The highest BCUT2D eigenvalue weighted by Gasteiger charge is 2.21. The largest absolute Gasteiger partial charge is 0.449 e. The number of para-hydroxylation sites is 1. The minimum Gasteiger partial charge on any atom is -0.449 e. The third kappa shape index (κ3) is 4.54. The van der Waals surface area contributed by atoms with Gasteiger partial charge in [0.2, 0.25) is 0 Å². The molecule has 0 heterocycles. The van der Waals surface area contributed by atoms with Crippen LogP contribution in [-0.2, 0) is 9.53 Å². The number of carbonyl (C=O) groups is 2. The van der Waals surface area contributed by atoms with E-state index in [1.807, 2.05) is 0 Å². The summed E-state index contributed by atoms with van der Waals surface area (Å²) in [6, 6.07) is 10.5. The first-order chi connectivity index (χ1) is 11.8. The first-order valence-electron chi connectivity index (χ1n) is 7.31. The van der Waals surface area contributed by atoms with E-state index in [1.54, 1.807) is 24.3 Å². The van der Waals surface area contributed by atoms with Crippen LogP contribution in [0.25, 0.3) is 0 Å². The lowest BCUT2D eigenvalue weighted by Crippen LogP contribution is -2.30. The summed E-state index contributed by atoms with van der Waals surface area (Å²) >= 11 is 5.95. The summed E-state index contributed by atoms with van der Waals surface area (Å²) < 4.78 is 5.10. The maximum Gasteiger partial charge on any atom is 0.338 e. The van der Waals surface area contributed by atoms with E-state index < -0.39 is 22.9 Å². The molecule has 8 heteroatoms. The van der Waals surface area contributed by atoms with Crippen LogP contribution in [0.3, 0.4) is 0 Å². The van der Waals surface area contributed by atoms with Crippen LogP contribution < -0.4 is 5.32 Å². The van der Waals surface area contributed by atoms with E-state index in [9.17, 15) is 19.7 Å². The Kier molecular flexibility index (Phi) is 5.71. The van der Waals surface area contributed by atoms with Crippen LogP contribution in [0.5, 0.6) is 0 Å². The van der Waals surface area contributed by atoms with Crippen LogP contribution in [0, 0.1) is 17.0 Å². The number of ether oxygens (including phenoxy) is 1. The predicted molar refractivity (Wildman–Crippen MR) is 92.8 cm³/mol. The number of nitro benzene ring substituents is 1. The fourth-order valence-electron chi connectivity index (χ4n) is 2.07. The topological polar surface area (TPSA) is 98.5 Å². The lowest BCUT2D eigenvalue weighted by atomic mass is 10.1. The molecule has 1 amide bonds. The van der Waals surface area contributed by atoms with Crippen LogP contribution in [0.1, 0.15) is 22.8 Å². The van der Waals surface area contributed by atoms with E-state index in [2.05, 4.69) is 5.32 Å². The first kappa shape index (κ1) is 18.4. The molecule has 0 bridgehead atoms. The molecule has 0 unspecified atom stereocenters. The van der Waals surface area contributed by atoms with Gasteiger partial charge in [-0.25, -0.2) is 4.79 Å². The molecule has 0 aromatic heterocycles. The smallest absolute Gasteiger partial charge is 0.338 e. The van der Waals surface area contributed by atoms with E-state index in [-0.39, 0.29) is 11.3 Å². The van der Waals surface area contributed by atoms with Gasteiger partial charge in [-0.1, -0.05) is 23.7 Å². The molecule has 1 atom stereocenters. The van der Waals surface area contributed by atoms with Crippen molar-refractivity contribution in [2.75, 3.05) is 5.32 Å². The highest BCUT2D eigenvalue weighted by Crippen LogP contribution is 2.22. The van der Waals surface area contributed by atoms with E-state index >= 15 is 0 Å². The summed E-state index contributed by atoms with van der Waals surface area (Å²) in [6.45, 7) is 2.94. The molecule has 0 aliphatic carbocycles. The zero-order chi connectivity index (χ0) is 18.6. The number of hydrogen-bond donors (Lipinski definition) is 1. The maximum atomic E-state index is 12.1. The number of nitrogens with zero attached hydrogens (tertiary/aromatic N) is 1. The molecule has 2 aromatic rings. The molecule has 0 saturated heterocycles. The molecule has 7 nitrogen and oxygen atoms in total. The SMILES string of the molecule is Cc1cc(C(=O)O[C@H](C)C(=O)Nc2ccccc2Cl)ccc1[N+](=O)[O-]. The Balaban J connectivity index is 2.04. The number of rotatable bonds is 5. The fraction of sp³-hybridized carbons (Fsp3) is 0.176. The summed E-state index contributed by atoms with van der Waals surface area (Å²) in [4.78, 5) is 34.5. The van der Waals surface area contributed by atoms with Gasteiger partial charge in [0.1, 0.15) is 0 Å². The zero-order valence-electron chi connectivity index (χ0n) is 13.5. The third-order valence-corrected chi connectivity index (χ3v) is 3.74. The van der Waals surface area contributed by atoms with E-state index in [0.29, 0.717) is 16.3 Å². The van der Waals surface area contributed by atoms with Crippen LogP contribution >= 0.6 is 11.6 Å². The van der Waals surface area contributed by atoms with Crippen molar-refractivity contribution in [3.8, 4) is 0 Å². The molecular formula is C17H15ClN2O5. The van der Waals surface area contributed by atoms with Gasteiger partial charge in [0.05, 0.1) is 21.2 Å². The van der Waals surface area contributed by atoms with Crippen molar-refractivity contribution in [2.24, 2.45) is 0 Å². The predicted octanol–water partition coefficient (Wildman–Crippen LogP) is 3.74. The van der Waals surface area contributed by atoms with Crippen molar-refractivity contribution < 1.29 is 19.2 Å². The minimum atomic E-state index is -1.07. The first-order valence-corrected chi connectivity index (χ1v) is 7.69.